The van der Waals surface area contributed by atoms with Crippen LogP contribution in [0.5, 0.6) is 23.0 Å². The van der Waals surface area contributed by atoms with Gasteiger partial charge >= 0.3 is 0 Å². The zero-order valence-electron chi connectivity index (χ0n) is 24.9. The van der Waals surface area contributed by atoms with Crippen LogP contribution in [0, 0.1) is 17.2 Å². The third-order valence-electron chi connectivity index (χ3n) is 7.71. The average Bonchev–Trinajstić information content (AvgIpc) is 2.93. The molecule has 0 aliphatic rings. The standard InChI is InChI=1S/C32H48N2O4/c1-9-10-11-13-25-20-29(36-6)30(37-7)21-26(25)16-19-34(4)18-12-17-32(23-33,24(2)3)27-14-15-28(35-5)31(22-27)38-8/h14-15,20-22,24H,9-13,16-19H2,1-8H3. The molecule has 0 fully saturated rings. The number of hydrogen-bond donors (Lipinski definition) is 0. The second-order valence-corrected chi connectivity index (χ2v) is 10.4. The van der Waals surface area contributed by atoms with Crippen molar-refractivity contribution in [2.75, 3.05) is 48.6 Å². The fourth-order valence-electron chi connectivity index (χ4n) is 5.17. The van der Waals surface area contributed by atoms with Crippen molar-refractivity contribution in [2.24, 2.45) is 5.92 Å². The third kappa shape index (κ3) is 7.80. The van der Waals surface area contributed by atoms with E-state index in [0.717, 1.165) is 55.8 Å². The van der Waals surface area contributed by atoms with Crippen molar-refractivity contribution in [1.29, 1.82) is 5.26 Å². The lowest BCUT2D eigenvalue weighted by Gasteiger charge is -2.32. The zero-order chi connectivity index (χ0) is 28.1. The minimum Gasteiger partial charge on any atom is -0.493 e. The Labute approximate surface area is 230 Å². The Morgan fingerprint density at radius 1 is 0.789 bits per heavy atom. The van der Waals surface area contributed by atoms with E-state index < -0.39 is 5.41 Å². The minimum atomic E-state index is -0.587. The van der Waals surface area contributed by atoms with Crippen LogP contribution >= 0.6 is 0 Å². The van der Waals surface area contributed by atoms with Gasteiger partial charge in [-0.25, -0.2) is 0 Å². The quantitative estimate of drug-likeness (QED) is 0.211. The second-order valence-electron chi connectivity index (χ2n) is 10.4. The van der Waals surface area contributed by atoms with E-state index >= 15 is 0 Å². The molecule has 0 saturated heterocycles. The maximum Gasteiger partial charge on any atom is 0.161 e. The Morgan fingerprint density at radius 2 is 1.37 bits per heavy atom. The van der Waals surface area contributed by atoms with Crippen molar-refractivity contribution < 1.29 is 18.9 Å². The summed E-state index contributed by atoms with van der Waals surface area (Å²) in [6, 6.07) is 12.8. The first-order valence-corrected chi connectivity index (χ1v) is 13.9. The Morgan fingerprint density at radius 3 is 1.89 bits per heavy atom. The molecule has 38 heavy (non-hydrogen) atoms. The first kappa shape index (κ1) is 31.3. The lowest BCUT2D eigenvalue weighted by Crippen LogP contribution is -2.32. The van der Waals surface area contributed by atoms with Gasteiger partial charge in [0.25, 0.3) is 0 Å². The van der Waals surface area contributed by atoms with E-state index in [1.54, 1.807) is 28.4 Å². The molecule has 6 nitrogen and oxygen atoms in total. The van der Waals surface area contributed by atoms with Crippen LogP contribution in [0.2, 0.25) is 0 Å². The van der Waals surface area contributed by atoms with Gasteiger partial charge in [-0.15, -0.1) is 0 Å². The third-order valence-corrected chi connectivity index (χ3v) is 7.71. The summed E-state index contributed by atoms with van der Waals surface area (Å²) in [4.78, 5) is 2.36. The van der Waals surface area contributed by atoms with E-state index in [9.17, 15) is 5.26 Å². The second kappa shape index (κ2) is 15.5. The predicted molar refractivity (Wildman–Crippen MR) is 155 cm³/mol. The van der Waals surface area contributed by atoms with Gasteiger partial charge < -0.3 is 23.8 Å². The number of hydrogen-bond acceptors (Lipinski definition) is 6. The number of benzene rings is 2. The summed E-state index contributed by atoms with van der Waals surface area (Å²) < 4.78 is 22.1. The predicted octanol–water partition coefficient (Wildman–Crippen LogP) is 6.83. The van der Waals surface area contributed by atoms with Gasteiger partial charge in [0.15, 0.2) is 23.0 Å². The molecule has 0 spiro atoms. The van der Waals surface area contributed by atoms with Crippen LogP contribution in [0.4, 0.5) is 0 Å². The zero-order valence-corrected chi connectivity index (χ0v) is 24.9. The molecule has 210 valence electrons. The summed E-state index contributed by atoms with van der Waals surface area (Å²) >= 11 is 0. The lowest BCUT2D eigenvalue weighted by atomic mass is 9.69. The van der Waals surface area contributed by atoms with Gasteiger partial charge in [-0.2, -0.15) is 5.26 Å². The Balaban J connectivity index is 2.10. The highest BCUT2D eigenvalue weighted by atomic mass is 16.5. The molecule has 2 rings (SSSR count). The number of methoxy groups -OCH3 is 4. The van der Waals surface area contributed by atoms with Gasteiger partial charge in [0, 0.05) is 6.54 Å². The van der Waals surface area contributed by atoms with Crippen molar-refractivity contribution in [3.63, 3.8) is 0 Å². The van der Waals surface area contributed by atoms with Crippen molar-refractivity contribution in [3.05, 3.63) is 47.0 Å². The first-order chi connectivity index (χ1) is 18.3. The number of rotatable bonds is 17. The maximum atomic E-state index is 10.4. The lowest BCUT2D eigenvalue weighted by molar-refractivity contribution is 0.292. The Kier molecular flexibility index (Phi) is 12.8. The summed E-state index contributed by atoms with van der Waals surface area (Å²) in [7, 11) is 8.81. The van der Waals surface area contributed by atoms with Crippen LogP contribution in [0.25, 0.3) is 0 Å². The maximum absolute atomic E-state index is 10.4. The van der Waals surface area contributed by atoms with Crippen LogP contribution in [0.1, 0.15) is 69.6 Å². The Bertz CT molecular complexity index is 1050. The summed E-state index contributed by atoms with van der Waals surface area (Å²) in [5, 5.41) is 10.4. The average molecular weight is 525 g/mol. The SMILES string of the molecule is CCCCCc1cc(OC)c(OC)cc1CCN(C)CCCC(C#N)(c1ccc(OC)c(OC)c1)C(C)C. The van der Waals surface area contributed by atoms with E-state index in [1.807, 2.05) is 18.2 Å². The summed E-state index contributed by atoms with van der Waals surface area (Å²) in [5.41, 5.74) is 3.07. The molecule has 2 aromatic rings. The molecule has 0 aliphatic heterocycles. The molecular formula is C32H48N2O4. The monoisotopic (exact) mass is 524 g/mol. The molecule has 0 amide bonds. The molecule has 0 bridgehead atoms. The number of ether oxygens (including phenoxy) is 4. The normalized spacial score (nSPS) is 12.8. The fraction of sp³-hybridized carbons (Fsp3) is 0.594. The van der Waals surface area contributed by atoms with Crippen LogP contribution in [-0.4, -0.2) is 53.5 Å². The number of aryl methyl sites for hydroxylation is 1. The summed E-state index contributed by atoms with van der Waals surface area (Å²) in [6.07, 6.45) is 7.31. The fourth-order valence-corrected chi connectivity index (χ4v) is 5.17. The molecule has 1 atom stereocenters. The van der Waals surface area contributed by atoms with Crippen LogP contribution in [0.3, 0.4) is 0 Å². The number of nitriles is 1. The topological polar surface area (TPSA) is 64.0 Å². The number of nitrogens with zero attached hydrogens (tertiary/aromatic N) is 2. The highest BCUT2D eigenvalue weighted by molar-refractivity contribution is 5.48. The highest BCUT2D eigenvalue weighted by Crippen LogP contribution is 2.40. The molecule has 0 N–H and O–H groups in total. The molecule has 1 unspecified atom stereocenters. The molecule has 2 aromatic carbocycles. The van der Waals surface area contributed by atoms with Crippen LogP contribution in [0.15, 0.2) is 30.3 Å². The first-order valence-electron chi connectivity index (χ1n) is 13.9. The van der Waals surface area contributed by atoms with Gasteiger partial charge in [-0.05, 0) is 92.6 Å². The van der Waals surface area contributed by atoms with Crippen molar-refractivity contribution in [3.8, 4) is 29.1 Å². The molecule has 0 saturated carbocycles. The molecule has 0 heterocycles. The van der Waals surface area contributed by atoms with Crippen LogP contribution in [-0.2, 0) is 18.3 Å². The summed E-state index contributed by atoms with van der Waals surface area (Å²) in [6.45, 7) is 8.34. The largest absolute Gasteiger partial charge is 0.493 e. The molecule has 0 aromatic heterocycles. The molecule has 0 radical (unpaired) electrons. The highest BCUT2D eigenvalue weighted by Gasteiger charge is 2.36. The van der Waals surface area contributed by atoms with Gasteiger partial charge in [0.1, 0.15) is 0 Å². The minimum absolute atomic E-state index is 0.161. The van der Waals surface area contributed by atoms with Crippen molar-refractivity contribution >= 4 is 0 Å². The van der Waals surface area contributed by atoms with Gasteiger partial charge in [0.2, 0.25) is 0 Å². The van der Waals surface area contributed by atoms with E-state index in [0.29, 0.717) is 11.5 Å². The summed E-state index contributed by atoms with van der Waals surface area (Å²) in [5.74, 6) is 3.08. The van der Waals surface area contributed by atoms with E-state index in [1.165, 1.54) is 30.4 Å². The molecular weight excluding hydrogens is 476 g/mol. The van der Waals surface area contributed by atoms with Crippen molar-refractivity contribution in [2.45, 2.75) is 71.1 Å². The van der Waals surface area contributed by atoms with Gasteiger partial charge in [-0.3, -0.25) is 0 Å². The smallest absolute Gasteiger partial charge is 0.161 e. The van der Waals surface area contributed by atoms with Gasteiger partial charge in [0.05, 0.1) is 39.9 Å². The van der Waals surface area contributed by atoms with Gasteiger partial charge in [-0.1, -0.05) is 39.7 Å². The number of unbranched alkanes of at least 4 members (excludes halogenated alkanes) is 2. The van der Waals surface area contributed by atoms with E-state index in [4.69, 9.17) is 18.9 Å². The van der Waals surface area contributed by atoms with E-state index in [2.05, 4.69) is 50.9 Å². The molecule has 0 aliphatic carbocycles. The molecule has 6 heteroatoms. The number of likely N-dealkylation sites (N-methyl/N-ethyl adjacent to an activating group) is 1. The Hall–Kier alpha value is -2.91. The van der Waals surface area contributed by atoms with E-state index in [-0.39, 0.29) is 5.92 Å². The van der Waals surface area contributed by atoms with Crippen LogP contribution < -0.4 is 18.9 Å². The van der Waals surface area contributed by atoms with Crippen molar-refractivity contribution in [1.82, 2.24) is 4.90 Å².